The van der Waals surface area contributed by atoms with E-state index < -0.39 is 23.0 Å². The Morgan fingerprint density at radius 1 is 1.29 bits per heavy atom. The van der Waals surface area contributed by atoms with E-state index in [9.17, 15) is 13.6 Å². The van der Waals surface area contributed by atoms with Gasteiger partial charge in [0.15, 0.2) is 5.78 Å². The lowest BCUT2D eigenvalue weighted by molar-refractivity contribution is 0.0731. The van der Waals surface area contributed by atoms with Gasteiger partial charge in [0.05, 0.1) is 5.56 Å². The van der Waals surface area contributed by atoms with Gasteiger partial charge in [0.1, 0.15) is 18.2 Å². The van der Waals surface area contributed by atoms with Crippen molar-refractivity contribution < 1.29 is 18.3 Å². The molecule has 17 heavy (non-hydrogen) atoms. The molecule has 0 unspecified atom stereocenters. The number of Topliss-reactive ketones (excluding diaryl/α,β-unsaturated/α-hetero) is 1. The average Bonchev–Trinajstić information content (AvgIpc) is 2.24. The van der Waals surface area contributed by atoms with Crippen molar-refractivity contribution in [3.05, 3.63) is 35.4 Å². The molecule has 2 nitrogen and oxygen atoms in total. The van der Waals surface area contributed by atoms with Crippen LogP contribution in [0.1, 0.15) is 30.6 Å². The van der Waals surface area contributed by atoms with Crippen LogP contribution in [0, 0.1) is 17.6 Å². The van der Waals surface area contributed by atoms with Crippen LogP contribution in [0.2, 0.25) is 0 Å². The minimum Gasteiger partial charge on any atom is -0.373 e. The second kappa shape index (κ2) is 6.45. The van der Waals surface area contributed by atoms with Gasteiger partial charge in [0.2, 0.25) is 0 Å². The fraction of sp³-hybridized carbons (Fsp3) is 0.462. The van der Waals surface area contributed by atoms with Crippen molar-refractivity contribution in [1.82, 2.24) is 0 Å². The molecule has 0 atom stereocenters. The Kier molecular flexibility index (Phi) is 5.22. The Hall–Kier alpha value is -1.29. The van der Waals surface area contributed by atoms with Gasteiger partial charge in [0.25, 0.3) is 0 Å². The SMILES string of the molecule is CC(C)CCOCC(=O)c1c(F)cccc1F. The van der Waals surface area contributed by atoms with E-state index in [-0.39, 0.29) is 6.61 Å². The van der Waals surface area contributed by atoms with Crippen molar-refractivity contribution in [2.75, 3.05) is 13.2 Å². The van der Waals surface area contributed by atoms with E-state index in [0.717, 1.165) is 18.6 Å². The molecule has 4 heteroatoms. The monoisotopic (exact) mass is 242 g/mol. The summed E-state index contributed by atoms with van der Waals surface area (Å²) in [6.07, 6.45) is 0.813. The molecule has 0 N–H and O–H groups in total. The first-order valence-corrected chi connectivity index (χ1v) is 5.57. The van der Waals surface area contributed by atoms with Crippen LogP contribution >= 0.6 is 0 Å². The van der Waals surface area contributed by atoms with Crippen molar-refractivity contribution in [3.63, 3.8) is 0 Å². The Bertz CT molecular complexity index is 369. The first-order valence-electron chi connectivity index (χ1n) is 5.57. The Labute approximate surface area is 99.6 Å². The maximum atomic E-state index is 13.2. The zero-order chi connectivity index (χ0) is 12.8. The minimum atomic E-state index is -0.845. The first-order chi connectivity index (χ1) is 8.02. The molecule has 0 radical (unpaired) electrons. The molecule has 1 rings (SSSR count). The molecule has 0 aromatic heterocycles. The van der Waals surface area contributed by atoms with Crippen LogP contribution in [-0.4, -0.2) is 19.0 Å². The molecule has 0 saturated carbocycles. The Morgan fingerprint density at radius 3 is 2.41 bits per heavy atom. The number of ketones is 1. The highest BCUT2D eigenvalue weighted by atomic mass is 19.1. The van der Waals surface area contributed by atoms with Gasteiger partial charge >= 0.3 is 0 Å². The quantitative estimate of drug-likeness (QED) is 0.565. The number of hydrogen-bond acceptors (Lipinski definition) is 2. The van der Waals surface area contributed by atoms with E-state index in [1.54, 1.807) is 0 Å². The van der Waals surface area contributed by atoms with Crippen molar-refractivity contribution in [1.29, 1.82) is 0 Å². The molecule has 1 aromatic rings. The summed E-state index contributed by atoms with van der Waals surface area (Å²) in [5, 5.41) is 0. The molecular formula is C13H16F2O2. The van der Waals surface area contributed by atoms with Gasteiger partial charge in [-0.3, -0.25) is 4.79 Å². The van der Waals surface area contributed by atoms with Crippen LogP contribution in [0.25, 0.3) is 0 Å². The third-order valence-electron chi connectivity index (χ3n) is 2.31. The highest BCUT2D eigenvalue weighted by Crippen LogP contribution is 2.13. The van der Waals surface area contributed by atoms with E-state index in [1.165, 1.54) is 6.07 Å². The third kappa shape index (κ3) is 4.23. The van der Waals surface area contributed by atoms with E-state index in [2.05, 4.69) is 0 Å². The van der Waals surface area contributed by atoms with E-state index in [1.807, 2.05) is 13.8 Å². The van der Waals surface area contributed by atoms with Crippen LogP contribution in [-0.2, 0) is 4.74 Å². The van der Waals surface area contributed by atoms with Gasteiger partial charge in [-0.15, -0.1) is 0 Å². The summed E-state index contributed by atoms with van der Waals surface area (Å²) >= 11 is 0. The highest BCUT2D eigenvalue weighted by Gasteiger charge is 2.16. The lowest BCUT2D eigenvalue weighted by Crippen LogP contribution is -2.14. The van der Waals surface area contributed by atoms with Crippen molar-refractivity contribution in [3.8, 4) is 0 Å². The van der Waals surface area contributed by atoms with Gasteiger partial charge in [-0.2, -0.15) is 0 Å². The number of carbonyl (C=O) groups excluding carboxylic acids is 1. The number of hydrogen-bond donors (Lipinski definition) is 0. The first kappa shape index (κ1) is 13.8. The molecule has 0 aliphatic rings. The predicted molar refractivity (Wildman–Crippen MR) is 61.0 cm³/mol. The maximum Gasteiger partial charge on any atom is 0.194 e. The van der Waals surface area contributed by atoms with Crippen LogP contribution < -0.4 is 0 Å². The lowest BCUT2D eigenvalue weighted by Gasteiger charge is -2.07. The minimum absolute atomic E-state index is 0.287. The highest BCUT2D eigenvalue weighted by molar-refractivity contribution is 5.97. The number of rotatable bonds is 6. The van der Waals surface area contributed by atoms with Crippen LogP contribution in [0.4, 0.5) is 8.78 Å². The van der Waals surface area contributed by atoms with Crippen molar-refractivity contribution >= 4 is 5.78 Å². The average molecular weight is 242 g/mol. The topological polar surface area (TPSA) is 26.3 Å². The van der Waals surface area contributed by atoms with Crippen LogP contribution in [0.5, 0.6) is 0 Å². The summed E-state index contributed by atoms with van der Waals surface area (Å²) in [7, 11) is 0. The van der Waals surface area contributed by atoms with Gasteiger partial charge in [-0.1, -0.05) is 19.9 Å². The van der Waals surface area contributed by atoms with Gasteiger partial charge in [0, 0.05) is 6.61 Å². The predicted octanol–water partition coefficient (Wildman–Crippen LogP) is 3.21. The molecule has 0 spiro atoms. The zero-order valence-corrected chi connectivity index (χ0v) is 10.0. The number of halogens is 2. The smallest absolute Gasteiger partial charge is 0.194 e. The van der Waals surface area contributed by atoms with Crippen molar-refractivity contribution in [2.24, 2.45) is 5.92 Å². The number of benzene rings is 1. The number of carbonyl (C=O) groups is 1. The fourth-order valence-corrected chi connectivity index (χ4v) is 1.32. The molecule has 0 bridgehead atoms. The summed E-state index contributed by atoms with van der Waals surface area (Å²) in [6, 6.07) is 3.34. The molecule has 0 aliphatic carbocycles. The molecule has 0 saturated heterocycles. The third-order valence-corrected chi connectivity index (χ3v) is 2.31. The second-order valence-corrected chi connectivity index (χ2v) is 4.25. The van der Waals surface area contributed by atoms with Gasteiger partial charge in [-0.25, -0.2) is 8.78 Å². The second-order valence-electron chi connectivity index (χ2n) is 4.25. The molecule has 0 fully saturated rings. The summed E-state index contributed by atoms with van der Waals surface area (Å²) in [5.74, 6) is -1.88. The summed E-state index contributed by atoms with van der Waals surface area (Å²) in [5.41, 5.74) is -0.517. The zero-order valence-electron chi connectivity index (χ0n) is 10.0. The summed E-state index contributed by atoms with van der Waals surface area (Å²) in [4.78, 5) is 11.5. The molecule has 1 aromatic carbocycles. The molecular weight excluding hydrogens is 226 g/mol. The normalized spacial score (nSPS) is 10.9. The van der Waals surface area contributed by atoms with Gasteiger partial charge in [-0.05, 0) is 24.5 Å². The summed E-state index contributed by atoms with van der Waals surface area (Å²) in [6.45, 7) is 4.19. The van der Waals surface area contributed by atoms with Gasteiger partial charge < -0.3 is 4.74 Å². The molecule has 0 amide bonds. The van der Waals surface area contributed by atoms with E-state index >= 15 is 0 Å². The fourth-order valence-electron chi connectivity index (χ4n) is 1.32. The number of ether oxygens (including phenoxy) is 1. The standard InChI is InChI=1S/C13H16F2O2/c1-9(2)6-7-17-8-12(16)13-10(14)4-3-5-11(13)15/h3-5,9H,6-8H2,1-2H3. The van der Waals surface area contributed by atoms with Crippen LogP contribution in [0.3, 0.4) is 0 Å². The molecule has 94 valence electrons. The molecule has 0 heterocycles. The van der Waals surface area contributed by atoms with Crippen molar-refractivity contribution in [2.45, 2.75) is 20.3 Å². The van der Waals surface area contributed by atoms with E-state index in [0.29, 0.717) is 12.5 Å². The van der Waals surface area contributed by atoms with Crippen LogP contribution in [0.15, 0.2) is 18.2 Å². The summed E-state index contributed by atoms with van der Waals surface area (Å²) < 4.78 is 31.5. The maximum absolute atomic E-state index is 13.2. The Balaban J connectivity index is 2.53. The molecule has 0 aliphatic heterocycles. The largest absolute Gasteiger partial charge is 0.373 e. The lowest BCUT2D eigenvalue weighted by atomic mass is 10.1. The Morgan fingerprint density at radius 2 is 1.88 bits per heavy atom. The van der Waals surface area contributed by atoms with E-state index in [4.69, 9.17) is 4.74 Å².